The predicted molar refractivity (Wildman–Crippen MR) is 174 cm³/mol. The van der Waals surface area contributed by atoms with Gasteiger partial charge in [0.05, 0.1) is 35.8 Å². The first kappa shape index (κ1) is 30.2. The number of hydrogen-bond donors (Lipinski definition) is 1. The van der Waals surface area contributed by atoms with Crippen LogP contribution in [0.3, 0.4) is 0 Å². The van der Waals surface area contributed by atoms with Crippen molar-refractivity contribution in [2.24, 2.45) is 5.92 Å². The van der Waals surface area contributed by atoms with Gasteiger partial charge >= 0.3 is 6.01 Å². The van der Waals surface area contributed by atoms with E-state index >= 15 is 0 Å². The Kier molecular flexibility index (Phi) is 9.20. The van der Waals surface area contributed by atoms with Crippen molar-refractivity contribution in [2.45, 2.75) is 58.2 Å². The van der Waals surface area contributed by atoms with Crippen molar-refractivity contribution in [1.29, 1.82) is 5.26 Å². The summed E-state index contributed by atoms with van der Waals surface area (Å²) in [7, 11) is 0. The molecule has 1 aromatic heterocycles. The van der Waals surface area contributed by atoms with Gasteiger partial charge in [-0.15, -0.1) is 0 Å². The van der Waals surface area contributed by atoms with Crippen molar-refractivity contribution in [3.05, 3.63) is 64.8 Å². The average Bonchev–Trinajstić information content (AvgIpc) is 3.56. The van der Waals surface area contributed by atoms with E-state index in [1.807, 2.05) is 37.0 Å². The number of piperazine rings is 1. The second-order valence-electron chi connectivity index (χ2n) is 12.2. The van der Waals surface area contributed by atoms with Crippen LogP contribution in [0, 0.1) is 17.2 Å². The van der Waals surface area contributed by atoms with Gasteiger partial charge in [-0.2, -0.15) is 15.2 Å². The van der Waals surface area contributed by atoms with Gasteiger partial charge in [-0.05, 0) is 55.3 Å². The molecule has 10 heteroatoms. The first-order valence-corrected chi connectivity index (χ1v) is 16.1. The summed E-state index contributed by atoms with van der Waals surface area (Å²) in [6, 6.07) is 15.0. The standard InChI is InChI=1S/C34H40ClN7O2/c1-23(2)11-12-31(43)42-19-18-41(20-26(42)13-15-36)33-27-14-17-40(30-10-4-7-24-6-3-9-28(35)32(24)30)21-29(27)38-34(39-33)44-22-25-8-5-16-37-25/h3-4,6-7,9-12,23,25-26,37H,5,8,13-14,16-22H2,1-2H3/b12-11+. The fraction of sp³-hybridized carbons (Fsp3) is 0.471. The molecule has 3 aliphatic rings. The van der Waals surface area contributed by atoms with Gasteiger partial charge < -0.3 is 24.8 Å². The zero-order valence-corrected chi connectivity index (χ0v) is 26.3. The monoisotopic (exact) mass is 613 g/mol. The normalized spacial score (nSPS) is 20.4. The number of nitriles is 1. The molecular weight excluding hydrogens is 574 g/mol. The third kappa shape index (κ3) is 6.47. The van der Waals surface area contributed by atoms with Crippen LogP contribution in [0.5, 0.6) is 6.01 Å². The first-order valence-electron chi connectivity index (χ1n) is 15.7. The number of rotatable bonds is 8. The van der Waals surface area contributed by atoms with Crippen LogP contribution in [0.1, 0.15) is 44.4 Å². The molecule has 230 valence electrons. The van der Waals surface area contributed by atoms with Crippen LogP contribution in [-0.4, -0.2) is 72.2 Å². The maximum Gasteiger partial charge on any atom is 0.318 e. The maximum absolute atomic E-state index is 13.1. The SMILES string of the molecule is CC(C)/C=C/C(=O)N1CCN(c2nc(OCC3CCCN3)nc3c2CCN(c2cccc4cccc(Cl)c24)C3)CC1CC#N. The van der Waals surface area contributed by atoms with Gasteiger partial charge in [-0.3, -0.25) is 4.79 Å². The van der Waals surface area contributed by atoms with Crippen LogP contribution < -0.4 is 19.9 Å². The molecule has 3 aliphatic heterocycles. The summed E-state index contributed by atoms with van der Waals surface area (Å²) in [5.74, 6) is 1.10. The third-order valence-electron chi connectivity index (χ3n) is 8.79. The van der Waals surface area contributed by atoms with Crippen molar-refractivity contribution in [3.63, 3.8) is 0 Å². The summed E-state index contributed by atoms with van der Waals surface area (Å²) in [4.78, 5) is 29.4. The number of amides is 1. The molecule has 2 aromatic carbocycles. The molecule has 2 atom stereocenters. The molecule has 3 aromatic rings. The Morgan fingerprint density at radius 3 is 2.80 bits per heavy atom. The average molecular weight is 614 g/mol. The lowest BCUT2D eigenvalue weighted by molar-refractivity contribution is -0.128. The number of carbonyl (C=O) groups is 1. The molecule has 0 saturated carbocycles. The molecule has 2 saturated heterocycles. The summed E-state index contributed by atoms with van der Waals surface area (Å²) in [5.41, 5.74) is 3.14. The van der Waals surface area contributed by atoms with Crippen LogP contribution in [0.15, 0.2) is 48.6 Å². The van der Waals surface area contributed by atoms with Crippen LogP contribution >= 0.6 is 11.6 Å². The molecule has 9 nitrogen and oxygen atoms in total. The molecule has 2 unspecified atom stereocenters. The fourth-order valence-electron chi connectivity index (χ4n) is 6.52. The van der Waals surface area contributed by atoms with E-state index in [1.165, 1.54) is 0 Å². The van der Waals surface area contributed by atoms with E-state index < -0.39 is 0 Å². The van der Waals surface area contributed by atoms with E-state index in [1.54, 1.807) is 6.08 Å². The Morgan fingerprint density at radius 2 is 2.02 bits per heavy atom. The molecule has 2 fully saturated rings. The number of aromatic nitrogens is 2. The van der Waals surface area contributed by atoms with Gasteiger partial charge in [0.1, 0.15) is 12.4 Å². The summed E-state index contributed by atoms with van der Waals surface area (Å²) < 4.78 is 6.23. The lowest BCUT2D eigenvalue weighted by Gasteiger charge is -2.42. The fourth-order valence-corrected chi connectivity index (χ4v) is 6.80. The predicted octanol–water partition coefficient (Wildman–Crippen LogP) is 5.12. The molecule has 6 rings (SSSR count). The lowest BCUT2D eigenvalue weighted by atomic mass is 10.0. The Labute approximate surface area is 264 Å². The zero-order chi connectivity index (χ0) is 30.6. The zero-order valence-electron chi connectivity index (χ0n) is 25.5. The molecule has 0 spiro atoms. The van der Waals surface area contributed by atoms with E-state index in [0.29, 0.717) is 44.8 Å². The van der Waals surface area contributed by atoms with Crippen molar-refractivity contribution >= 4 is 39.8 Å². The number of carbonyl (C=O) groups excluding carboxylic acids is 1. The highest BCUT2D eigenvalue weighted by Crippen LogP contribution is 2.37. The van der Waals surface area contributed by atoms with Crippen LogP contribution in [0.4, 0.5) is 11.5 Å². The number of ether oxygens (including phenoxy) is 1. The summed E-state index contributed by atoms with van der Waals surface area (Å²) in [6.07, 6.45) is 6.80. The van der Waals surface area contributed by atoms with Gasteiger partial charge in [-0.1, -0.05) is 55.8 Å². The van der Waals surface area contributed by atoms with Crippen molar-refractivity contribution in [2.75, 3.05) is 49.1 Å². The van der Waals surface area contributed by atoms with E-state index in [0.717, 1.165) is 70.9 Å². The molecule has 4 heterocycles. The Morgan fingerprint density at radius 1 is 1.18 bits per heavy atom. The number of allylic oxidation sites excluding steroid dienone is 1. The van der Waals surface area contributed by atoms with Gasteiger partial charge in [0.2, 0.25) is 5.91 Å². The summed E-state index contributed by atoms with van der Waals surface area (Å²) in [5, 5.41) is 16.0. The van der Waals surface area contributed by atoms with Crippen LogP contribution in [0.25, 0.3) is 10.8 Å². The van der Waals surface area contributed by atoms with E-state index in [-0.39, 0.29) is 24.3 Å². The smallest absolute Gasteiger partial charge is 0.318 e. The van der Waals surface area contributed by atoms with Crippen LogP contribution in [0.2, 0.25) is 5.02 Å². The largest absolute Gasteiger partial charge is 0.462 e. The lowest BCUT2D eigenvalue weighted by Crippen LogP contribution is -2.55. The van der Waals surface area contributed by atoms with Gasteiger partial charge in [0.25, 0.3) is 0 Å². The molecule has 44 heavy (non-hydrogen) atoms. The second-order valence-corrected chi connectivity index (χ2v) is 12.7. The maximum atomic E-state index is 13.1. The highest BCUT2D eigenvalue weighted by molar-refractivity contribution is 6.36. The Balaban J connectivity index is 1.31. The molecule has 0 radical (unpaired) electrons. The van der Waals surface area contributed by atoms with Crippen molar-refractivity contribution in [3.8, 4) is 12.1 Å². The second kappa shape index (κ2) is 13.4. The topological polar surface area (TPSA) is 97.6 Å². The van der Waals surface area contributed by atoms with Gasteiger partial charge in [0.15, 0.2) is 0 Å². The first-order chi connectivity index (χ1) is 21.4. The highest BCUT2D eigenvalue weighted by Gasteiger charge is 2.33. The van der Waals surface area contributed by atoms with Crippen molar-refractivity contribution < 1.29 is 9.53 Å². The Hall–Kier alpha value is -3.87. The summed E-state index contributed by atoms with van der Waals surface area (Å²) >= 11 is 6.71. The number of hydrogen-bond acceptors (Lipinski definition) is 8. The number of anilines is 2. The molecule has 1 amide bonds. The summed E-state index contributed by atoms with van der Waals surface area (Å²) in [6.45, 7) is 8.69. The number of benzene rings is 2. The van der Waals surface area contributed by atoms with Crippen LogP contribution in [-0.2, 0) is 17.8 Å². The van der Waals surface area contributed by atoms with E-state index in [2.05, 4.69) is 45.5 Å². The molecule has 0 aliphatic carbocycles. The minimum Gasteiger partial charge on any atom is -0.462 e. The minimum absolute atomic E-state index is 0.0409. The van der Waals surface area contributed by atoms with Gasteiger partial charge in [-0.25, -0.2) is 0 Å². The number of halogens is 1. The van der Waals surface area contributed by atoms with Gasteiger partial charge in [0, 0.05) is 48.9 Å². The molecular formula is C34H40ClN7O2. The third-order valence-corrected chi connectivity index (χ3v) is 9.10. The molecule has 1 N–H and O–H groups in total. The number of fused-ring (bicyclic) bond motifs is 2. The number of nitrogens with zero attached hydrogens (tertiary/aromatic N) is 6. The minimum atomic E-state index is -0.228. The highest BCUT2D eigenvalue weighted by atomic mass is 35.5. The van der Waals surface area contributed by atoms with Crippen molar-refractivity contribution in [1.82, 2.24) is 20.2 Å². The Bertz CT molecular complexity index is 1570. The quantitative estimate of drug-likeness (QED) is 0.350. The molecule has 0 bridgehead atoms. The van der Waals surface area contributed by atoms with E-state index in [4.69, 9.17) is 26.3 Å². The number of nitrogens with one attached hydrogen (secondary N) is 1. The van der Waals surface area contributed by atoms with E-state index in [9.17, 15) is 10.1 Å².